The van der Waals surface area contributed by atoms with E-state index in [1.807, 2.05) is 24.3 Å². The van der Waals surface area contributed by atoms with Crippen molar-refractivity contribution >= 4 is 45.2 Å². The molecule has 0 radical (unpaired) electrons. The van der Waals surface area contributed by atoms with Crippen molar-refractivity contribution in [3.8, 4) is 0 Å². The summed E-state index contributed by atoms with van der Waals surface area (Å²) in [6.45, 7) is 6.41. The van der Waals surface area contributed by atoms with Crippen LogP contribution in [0.4, 0.5) is 4.79 Å². The Kier molecular flexibility index (Phi) is 6.26. The molecule has 2 saturated heterocycles. The van der Waals surface area contributed by atoms with Crippen molar-refractivity contribution in [1.82, 2.24) is 20.5 Å². The molecule has 3 heterocycles. The molecule has 3 aliphatic rings. The van der Waals surface area contributed by atoms with E-state index in [-0.39, 0.29) is 35.4 Å². The molecule has 1 aliphatic carbocycles. The molecule has 10 heteroatoms. The van der Waals surface area contributed by atoms with E-state index >= 15 is 0 Å². The Labute approximate surface area is 214 Å². The molecular formula is C26H32N4O5S. The van der Waals surface area contributed by atoms with Gasteiger partial charge in [-0.05, 0) is 70.4 Å². The maximum Gasteiger partial charge on any atom is 0.410 e. The van der Waals surface area contributed by atoms with Gasteiger partial charge in [-0.2, -0.15) is 0 Å². The number of hydrogen-bond donors (Lipinski definition) is 2. The van der Waals surface area contributed by atoms with Gasteiger partial charge in [-0.3, -0.25) is 19.3 Å². The molecule has 0 unspecified atom stereocenters. The monoisotopic (exact) mass is 512 g/mol. The summed E-state index contributed by atoms with van der Waals surface area (Å²) in [5.74, 6) is -1.18. The van der Waals surface area contributed by atoms with Crippen LogP contribution in [0.5, 0.6) is 0 Å². The SMILES string of the molecule is CC(C)(C)OC(=O)N1CC2(CC2)C[C@H]1C(=O)N[C@@H](C[C@@H]1CCNC1=O)C(=O)c1nc2ccccc2s1. The zero-order valence-electron chi connectivity index (χ0n) is 20.8. The number of carbonyl (C=O) groups is 4. The molecule has 2 N–H and O–H groups in total. The van der Waals surface area contributed by atoms with Gasteiger partial charge in [0.15, 0.2) is 5.01 Å². The highest BCUT2D eigenvalue weighted by molar-refractivity contribution is 7.20. The van der Waals surface area contributed by atoms with Crippen molar-refractivity contribution in [2.24, 2.45) is 11.3 Å². The number of amides is 3. The lowest BCUT2D eigenvalue weighted by Crippen LogP contribution is -2.52. The van der Waals surface area contributed by atoms with Gasteiger partial charge in [-0.1, -0.05) is 12.1 Å². The predicted octanol–water partition coefficient (Wildman–Crippen LogP) is 3.28. The van der Waals surface area contributed by atoms with E-state index in [4.69, 9.17) is 4.74 Å². The third-order valence-corrected chi connectivity index (χ3v) is 8.27. The summed E-state index contributed by atoms with van der Waals surface area (Å²) in [6, 6.07) is 5.85. The first-order valence-electron chi connectivity index (χ1n) is 12.5. The quantitative estimate of drug-likeness (QED) is 0.574. The number of fused-ring (bicyclic) bond motifs is 1. The lowest BCUT2D eigenvalue weighted by molar-refractivity contribution is -0.127. The minimum atomic E-state index is -0.914. The number of para-hydroxylation sites is 1. The number of benzene rings is 1. The van der Waals surface area contributed by atoms with Crippen molar-refractivity contribution in [3.05, 3.63) is 29.3 Å². The highest BCUT2D eigenvalue weighted by atomic mass is 32.1. The second-order valence-electron chi connectivity index (χ2n) is 11.3. The van der Waals surface area contributed by atoms with Crippen molar-refractivity contribution in [2.45, 2.75) is 70.6 Å². The predicted molar refractivity (Wildman–Crippen MR) is 135 cm³/mol. The molecule has 9 nitrogen and oxygen atoms in total. The Morgan fingerprint density at radius 3 is 2.67 bits per heavy atom. The van der Waals surface area contributed by atoms with Crippen LogP contribution in [0.15, 0.2) is 24.3 Å². The van der Waals surface area contributed by atoms with Gasteiger partial charge in [0.1, 0.15) is 11.6 Å². The van der Waals surface area contributed by atoms with Crippen LogP contribution in [0, 0.1) is 11.3 Å². The van der Waals surface area contributed by atoms with Crippen LogP contribution < -0.4 is 10.6 Å². The molecular weight excluding hydrogens is 480 g/mol. The van der Waals surface area contributed by atoms with Crippen LogP contribution in [0.3, 0.4) is 0 Å². The first-order valence-corrected chi connectivity index (χ1v) is 13.3. The Hall–Kier alpha value is -3.01. The number of nitrogens with one attached hydrogen (secondary N) is 2. The van der Waals surface area contributed by atoms with Crippen LogP contribution in [-0.4, -0.2) is 64.3 Å². The Morgan fingerprint density at radius 1 is 1.28 bits per heavy atom. The summed E-state index contributed by atoms with van der Waals surface area (Å²) in [5, 5.41) is 6.01. The molecule has 0 bridgehead atoms. The highest BCUT2D eigenvalue weighted by Crippen LogP contribution is 2.55. The number of hydrogen-bond acceptors (Lipinski definition) is 7. The number of Topliss-reactive ketones (excluding diaryl/α,β-unsaturated/α-hetero) is 1. The minimum absolute atomic E-state index is 0.0449. The average Bonchev–Trinajstić information content (AvgIpc) is 3.13. The average molecular weight is 513 g/mol. The second-order valence-corrected chi connectivity index (χ2v) is 12.3. The summed E-state index contributed by atoms with van der Waals surface area (Å²) in [4.78, 5) is 58.4. The maximum absolute atomic E-state index is 13.6. The Bertz CT molecular complexity index is 1180. The minimum Gasteiger partial charge on any atom is -0.444 e. The second kappa shape index (κ2) is 9.14. The fourth-order valence-corrected chi connectivity index (χ4v) is 6.08. The van der Waals surface area contributed by atoms with Crippen molar-refractivity contribution < 1.29 is 23.9 Å². The number of ketones is 1. The van der Waals surface area contributed by atoms with Crippen LogP contribution in [0.25, 0.3) is 10.2 Å². The van der Waals surface area contributed by atoms with Gasteiger partial charge in [-0.15, -0.1) is 11.3 Å². The van der Waals surface area contributed by atoms with Crippen LogP contribution in [0.2, 0.25) is 0 Å². The van der Waals surface area contributed by atoms with E-state index in [0.717, 1.165) is 23.1 Å². The molecule has 36 heavy (non-hydrogen) atoms. The van der Waals surface area contributed by atoms with Crippen LogP contribution in [-0.2, 0) is 14.3 Å². The number of ether oxygens (including phenoxy) is 1. The lowest BCUT2D eigenvalue weighted by atomic mass is 9.95. The molecule has 3 fully saturated rings. The molecule has 1 aromatic carbocycles. The summed E-state index contributed by atoms with van der Waals surface area (Å²) in [5.41, 5.74) is -0.00726. The summed E-state index contributed by atoms with van der Waals surface area (Å²) >= 11 is 1.28. The van der Waals surface area contributed by atoms with E-state index in [1.54, 1.807) is 20.8 Å². The highest BCUT2D eigenvalue weighted by Gasteiger charge is 2.56. The number of thiazole rings is 1. The van der Waals surface area contributed by atoms with E-state index < -0.39 is 23.8 Å². The molecule has 1 aromatic heterocycles. The molecule has 2 aliphatic heterocycles. The fraction of sp³-hybridized carbons (Fsp3) is 0.577. The van der Waals surface area contributed by atoms with Gasteiger partial charge in [0.25, 0.3) is 0 Å². The van der Waals surface area contributed by atoms with Gasteiger partial charge in [0, 0.05) is 19.0 Å². The van der Waals surface area contributed by atoms with E-state index in [0.29, 0.717) is 30.9 Å². The van der Waals surface area contributed by atoms with E-state index in [1.165, 1.54) is 16.2 Å². The van der Waals surface area contributed by atoms with Crippen molar-refractivity contribution in [1.29, 1.82) is 0 Å². The third kappa shape index (κ3) is 5.09. The fourth-order valence-electron chi connectivity index (χ4n) is 5.12. The van der Waals surface area contributed by atoms with Gasteiger partial charge in [-0.25, -0.2) is 9.78 Å². The topological polar surface area (TPSA) is 118 Å². The van der Waals surface area contributed by atoms with Crippen LogP contribution >= 0.6 is 11.3 Å². The van der Waals surface area contributed by atoms with Gasteiger partial charge in [0.2, 0.25) is 17.6 Å². The number of nitrogens with zero attached hydrogens (tertiary/aromatic N) is 2. The molecule has 1 saturated carbocycles. The van der Waals surface area contributed by atoms with E-state index in [9.17, 15) is 19.2 Å². The Balaban J connectivity index is 1.38. The summed E-state index contributed by atoms with van der Waals surface area (Å²) < 4.78 is 6.46. The molecule has 3 amide bonds. The largest absolute Gasteiger partial charge is 0.444 e. The molecule has 2 aromatic rings. The normalized spacial score (nSPS) is 23.5. The molecule has 3 atom stereocenters. The Morgan fingerprint density at radius 2 is 2.03 bits per heavy atom. The third-order valence-electron chi connectivity index (χ3n) is 7.22. The van der Waals surface area contributed by atoms with Crippen molar-refractivity contribution in [2.75, 3.05) is 13.1 Å². The smallest absolute Gasteiger partial charge is 0.410 e. The summed E-state index contributed by atoms with van der Waals surface area (Å²) in [6.07, 6.45) is 2.75. The first kappa shape index (κ1) is 24.7. The van der Waals surface area contributed by atoms with Crippen molar-refractivity contribution in [3.63, 3.8) is 0 Å². The lowest BCUT2D eigenvalue weighted by Gasteiger charge is -2.29. The molecule has 1 spiro atoms. The zero-order valence-corrected chi connectivity index (χ0v) is 21.7. The molecule has 192 valence electrons. The standard InChI is InChI=1S/C26H32N4O5S/c1-25(2,3)35-24(34)30-14-26(9-10-26)13-18(30)22(33)28-17(12-15-8-11-27-21(15)32)20(31)23-29-16-6-4-5-7-19(16)36-23/h4-7,15,17-18H,8-14H2,1-3H3,(H,27,32)(H,28,33)/t15-,17-,18-/m0/s1. The van der Waals surface area contributed by atoms with Gasteiger partial charge < -0.3 is 15.4 Å². The zero-order chi connectivity index (χ0) is 25.7. The number of rotatable bonds is 6. The van der Waals surface area contributed by atoms with Gasteiger partial charge >= 0.3 is 6.09 Å². The van der Waals surface area contributed by atoms with E-state index in [2.05, 4.69) is 15.6 Å². The van der Waals surface area contributed by atoms with Gasteiger partial charge in [0.05, 0.1) is 16.3 Å². The maximum atomic E-state index is 13.6. The first-order chi connectivity index (χ1) is 17.0. The number of carbonyl (C=O) groups excluding carboxylic acids is 4. The number of likely N-dealkylation sites (tertiary alicyclic amines) is 1. The van der Waals surface area contributed by atoms with Crippen LogP contribution in [0.1, 0.15) is 62.7 Å². The summed E-state index contributed by atoms with van der Waals surface area (Å²) in [7, 11) is 0. The molecule has 5 rings (SSSR count). The number of aromatic nitrogens is 1.